The maximum Gasteiger partial charge on any atom is 0.222 e. The molecule has 7 heteroatoms. The number of nitrogens with two attached hydrogens (primary N) is 1. The smallest absolute Gasteiger partial charge is 0.222 e. The van der Waals surface area contributed by atoms with Crippen LogP contribution < -0.4 is 10.5 Å². The zero-order valence-corrected chi connectivity index (χ0v) is 16.3. The highest BCUT2D eigenvalue weighted by Gasteiger charge is 2.49. The molecule has 7 nitrogen and oxygen atoms in total. The molecule has 0 amide bonds. The Morgan fingerprint density at radius 1 is 1.13 bits per heavy atom. The van der Waals surface area contributed by atoms with Crippen LogP contribution in [0.25, 0.3) is 11.1 Å². The Hall–Kier alpha value is -3.89. The molecule has 1 spiro atoms. The maximum absolute atomic E-state index is 9.23. The van der Waals surface area contributed by atoms with E-state index in [2.05, 4.69) is 11.1 Å². The second-order valence-electron chi connectivity index (χ2n) is 7.34. The molecular weight excluding hydrogens is 378 g/mol. The fourth-order valence-electron chi connectivity index (χ4n) is 3.95. The molecule has 0 saturated carbocycles. The van der Waals surface area contributed by atoms with Gasteiger partial charge in [0, 0.05) is 25.9 Å². The monoisotopic (exact) mass is 397 g/mol. The molecule has 3 heterocycles. The first kappa shape index (κ1) is 18.2. The van der Waals surface area contributed by atoms with Crippen molar-refractivity contribution in [3.05, 3.63) is 83.7 Å². The van der Waals surface area contributed by atoms with Gasteiger partial charge in [-0.15, -0.1) is 0 Å². The molecule has 2 N–H and O–H groups in total. The van der Waals surface area contributed by atoms with Crippen molar-refractivity contribution >= 4 is 5.96 Å². The first-order valence-corrected chi connectivity index (χ1v) is 9.58. The van der Waals surface area contributed by atoms with Crippen LogP contribution in [0.4, 0.5) is 0 Å². The molecular formula is C23H19N5O2. The highest BCUT2D eigenvalue weighted by atomic mass is 16.7. The van der Waals surface area contributed by atoms with E-state index >= 15 is 0 Å². The minimum atomic E-state index is -0.983. The number of fused-ring (bicyclic) bond motifs is 2. The number of pyridine rings is 1. The highest BCUT2D eigenvalue weighted by molar-refractivity contribution is 5.79. The number of nitriles is 1. The second kappa shape index (κ2) is 6.87. The fraction of sp³-hybridized carbons (Fsp3) is 0.174. The van der Waals surface area contributed by atoms with E-state index in [1.165, 1.54) is 5.06 Å². The van der Waals surface area contributed by atoms with Crippen molar-refractivity contribution in [2.45, 2.75) is 18.2 Å². The van der Waals surface area contributed by atoms with Gasteiger partial charge in [0.25, 0.3) is 0 Å². The predicted octanol–water partition coefficient (Wildman–Crippen LogP) is 3.49. The lowest BCUT2D eigenvalue weighted by atomic mass is 9.88. The zero-order valence-electron chi connectivity index (χ0n) is 16.3. The van der Waals surface area contributed by atoms with Gasteiger partial charge >= 0.3 is 0 Å². The molecule has 2 unspecified atom stereocenters. The molecule has 0 radical (unpaired) electrons. The lowest BCUT2D eigenvalue weighted by Gasteiger charge is -2.37. The number of hydrogen-bond donors (Lipinski definition) is 1. The van der Waals surface area contributed by atoms with Crippen LogP contribution >= 0.6 is 0 Å². The quantitative estimate of drug-likeness (QED) is 0.711. The summed E-state index contributed by atoms with van der Waals surface area (Å²) in [4.78, 5) is 15.0. The summed E-state index contributed by atoms with van der Waals surface area (Å²) in [7, 11) is 1.74. The molecule has 148 valence electrons. The summed E-state index contributed by atoms with van der Waals surface area (Å²) in [5.74, 6) is 1.00. The van der Waals surface area contributed by atoms with Gasteiger partial charge < -0.3 is 10.5 Å². The highest BCUT2D eigenvalue weighted by Crippen LogP contribution is 2.50. The Kier molecular flexibility index (Phi) is 4.16. The summed E-state index contributed by atoms with van der Waals surface area (Å²) in [6.07, 6.45) is 3.70. The van der Waals surface area contributed by atoms with E-state index in [-0.39, 0.29) is 6.10 Å². The third kappa shape index (κ3) is 2.95. The molecule has 2 aromatic carbocycles. The molecule has 1 aromatic heterocycles. The number of hydrogen-bond acceptors (Lipinski definition) is 7. The third-order valence-electron chi connectivity index (χ3n) is 5.44. The second-order valence-corrected chi connectivity index (χ2v) is 7.34. The first-order valence-electron chi connectivity index (χ1n) is 9.58. The number of aromatic nitrogens is 1. The third-order valence-corrected chi connectivity index (χ3v) is 5.44. The molecule has 30 heavy (non-hydrogen) atoms. The molecule has 2 atom stereocenters. The Labute approximate surface area is 174 Å². The van der Waals surface area contributed by atoms with Gasteiger partial charge in [0.2, 0.25) is 11.7 Å². The van der Waals surface area contributed by atoms with E-state index in [4.69, 9.17) is 20.3 Å². The minimum Gasteiger partial charge on any atom is -0.485 e. The lowest BCUT2D eigenvalue weighted by Crippen LogP contribution is -2.36. The van der Waals surface area contributed by atoms with E-state index in [9.17, 15) is 5.26 Å². The van der Waals surface area contributed by atoms with Crippen LogP contribution in [0.2, 0.25) is 0 Å². The summed E-state index contributed by atoms with van der Waals surface area (Å²) >= 11 is 0. The number of benzene rings is 2. The van der Waals surface area contributed by atoms with Gasteiger partial charge in [-0.3, -0.25) is 4.98 Å². The van der Waals surface area contributed by atoms with Gasteiger partial charge in [-0.05, 0) is 53.1 Å². The molecule has 2 aliphatic heterocycles. The van der Waals surface area contributed by atoms with E-state index < -0.39 is 5.72 Å². The average molecular weight is 397 g/mol. The summed E-state index contributed by atoms with van der Waals surface area (Å²) < 4.78 is 6.32. The number of hydroxylamine groups is 2. The largest absolute Gasteiger partial charge is 0.485 e. The van der Waals surface area contributed by atoms with Gasteiger partial charge in [-0.25, -0.2) is 14.9 Å². The number of ether oxygens (including phenoxy) is 1. The van der Waals surface area contributed by atoms with E-state index in [1.54, 1.807) is 25.5 Å². The predicted molar refractivity (Wildman–Crippen MR) is 111 cm³/mol. The maximum atomic E-state index is 9.23. The van der Waals surface area contributed by atoms with Crippen LogP contribution in [-0.2, 0) is 10.6 Å². The molecule has 0 aliphatic carbocycles. The average Bonchev–Trinajstić information content (AvgIpc) is 3.07. The number of nitrogens with zero attached hydrogens (tertiary/aromatic N) is 4. The van der Waals surface area contributed by atoms with Crippen molar-refractivity contribution in [2.24, 2.45) is 10.7 Å². The van der Waals surface area contributed by atoms with Gasteiger partial charge in [-0.1, -0.05) is 18.2 Å². The van der Waals surface area contributed by atoms with E-state index in [0.717, 1.165) is 22.3 Å². The van der Waals surface area contributed by atoms with Crippen LogP contribution in [0.1, 0.15) is 29.2 Å². The number of rotatable bonds is 2. The molecule has 2 aliphatic rings. The zero-order chi connectivity index (χ0) is 20.7. The van der Waals surface area contributed by atoms with Crippen molar-refractivity contribution in [3.63, 3.8) is 0 Å². The van der Waals surface area contributed by atoms with E-state index in [1.807, 2.05) is 48.5 Å². The standard InChI is InChI=1S/C23H19N5O2/c1-28-22(25)27-23(30-28)13-21(16-7-9-26-10-8-16)29-20-6-5-18(12-19(20)23)17-4-2-3-15(11-17)14-24/h2-12,21H,13H2,1H3,(H2,25,27). The molecule has 0 fully saturated rings. The minimum absolute atomic E-state index is 0.253. The van der Waals surface area contributed by atoms with Crippen LogP contribution in [0, 0.1) is 11.3 Å². The van der Waals surface area contributed by atoms with Gasteiger partial charge in [0.05, 0.1) is 17.2 Å². The van der Waals surface area contributed by atoms with Crippen LogP contribution in [0.15, 0.2) is 72.0 Å². The summed E-state index contributed by atoms with van der Waals surface area (Å²) in [6, 6.07) is 19.4. The SMILES string of the molecule is CN1OC2(CC(c3ccncc3)Oc3ccc(-c4cccc(C#N)c4)cc32)N=C1N. The summed E-state index contributed by atoms with van der Waals surface area (Å²) in [5, 5.41) is 10.7. The summed E-state index contributed by atoms with van der Waals surface area (Å²) in [5.41, 5.74) is 9.38. The molecule has 0 bridgehead atoms. The molecule has 3 aromatic rings. The molecule has 5 rings (SSSR count). The van der Waals surface area contributed by atoms with Crippen molar-refractivity contribution in [2.75, 3.05) is 7.05 Å². The van der Waals surface area contributed by atoms with Gasteiger partial charge in [0.15, 0.2) is 0 Å². The van der Waals surface area contributed by atoms with E-state index in [0.29, 0.717) is 23.7 Å². The van der Waals surface area contributed by atoms with Crippen molar-refractivity contribution < 1.29 is 9.57 Å². The fourth-order valence-corrected chi connectivity index (χ4v) is 3.95. The van der Waals surface area contributed by atoms with Crippen molar-refractivity contribution in [1.82, 2.24) is 10.0 Å². The number of aliphatic imine (C=N–C) groups is 1. The summed E-state index contributed by atoms with van der Waals surface area (Å²) in [6.45, 7) is 0. The van der Waals surface area contributed by atoms with Crippen LogP contribution in [0.3, 0.4) is 0 Å². The number of guanidine groups is 1. The lowest BCUT2D eigenvalue weighted by molar-refractivity contribution is -0.191. The Bertz CT molecular complexity index is 1190. The van der Waals surface area contributed by atoms with Crippen molar-refractivity contribution in [3.8, 4) is 22.9 Å². The van der Waals surface area contributed by atoms with Crippen LogP contribution in [-0.4, -0.2) is 23.1 Å². The van der Waals surface area contributed by atoms with Gasteiger partial charge in [0.1, 0.15) is 11.9 Å². The van der Waals surface area contributed by atoms with Gasteiger partial charge in [-0.2, -0.15) is 5.26 Å². The Balaban J connectivity index is 1.63. The Morgan fingerprint density at radius 3 is 2.67 bits per heavy atom. The topological polar surface area (TPSA) is 96.8 Å². The normalized spacial score (nSPS) is 22.2. The van der Waals surface area contributed by atoms with Crippen LogP contribution in [0.5, 0.6) is 5.75 Å². The van der Waals surface area contributed by atoms with Crippen molar-refractivity contribution in [1.29, 1.82) is 5.26 Å². The Morgan fingerprint density at radius 2 is 1.93 bits per heavy atom. The first-order chi connectivity index (χ1) is 14.6. The molecule has 0 saturated heterocycles.